The molecule has 2 aliphatic carbocycles. The van der Waals surface area contributed by atoms with E-state index in [4.69, 9.17) is 21.1 Å². The van der Waals surface area contributed by atoms with Crippen LogP contribution < -0.4 is 10.1 Å². The molecule has 162 valence electrons. The van der Waals surface area contributed by atoms with Crippen LogP contribution in [0.4, 0.5) is 5.82 Å². The van der Waals surface area contributed by atoms with Crippen molar-refractivity contribution >= 4 is 23.3 Å². The number of aryl methyl sites for hydroxylation is 1. The van der Waals surface area contributed by atoms with Gasteiger partial charge in [0.2, 0.25) is 5.91 Å². The van der Waals surface area contributed by atoms with Gasteiger partial charge in [0.25, 0.3) is 0 Å². The summed E-state index contributed by atoms with van der Waals surface area (Å²) in [5.74, 6) is 1.61. The molecule has 0 aromatic carbocycles. The highest BCUT2D eigenvalue weighted by atomic mass is 35.5. The third-order valence-corrected chi connectivity index (χ3v) is 6.13. The molecule has 8 heteroatoms. The van der Waals surface area contributed by atoms with Crippen molar-refractivity contribution in [1.82, 2.24) is 15.0 Å². The highest BCUT2D eigenvalue weighted by Gasteiger charge is 2.62. The molecule has 1 unspecified atom stereocenters. The van der Waals surface area contributed by atoms with Gasteiger partial charge in [-0.2, -0.15) is 0 Å². The molecule has 1 fully saturated rings. The number of hydrogen-bond donors (Lipinski definition) is 1. The predicted octanol–water partition coefficient (Wildman–Crippen LogP) is 4.05. The summed E-state index contributed by atoms with van der Waals surface area (Å²) in [6, 6.07) is 5.43. The number of rotatable bonds is 8. The molecule has 7 nitrogen and oxygen atoms in total. The minimum atomic E-state index is -0.362. The van der Waals surface area contributed by atoms with E-state index in [0.29, 0.717) is 49.1 Å². The van der Waals surface area contributed by atoms with E-state index in [1.807, 2.05) is 31.2 Å². The Bertz CT molecular complexity index is 1010. The third kappa shape index (κ3) is 4.78. The van der Waals surface area contributed by atoms with Crippen molar-refractivity contribution in [1.29, 1.82) is 0 Å². The van der Waals surface area contributed by atoms with Gasteiger partial charge < -0.3 is 14.8 Å². The Morgan fingerprint density at radius 3 is 2.97 bits per heavy atom. The second kappa shape index (κ2) is 9.16. The molecule has 2 aromatic heterocycles. The molecular weight excluding hydrogens is 416 g/mol. The summed E-state index contributed by atoms with van der Waals surface area (Å²) in [5.41, 5.74) is 0.330. The van der Waals surface area contributed by atoms with Gasteiger partial charge in [-0.3, -0.25) is 4.79 Å². The van der Waals surface area contributed by atoms with Crippen LogP contribution in [0.25, 0.3) is 0 Å². The van der Waals surface area contributed by atoms with Crippen molar-refractivity contribution in [2.24, 2.45) is 17.3 Å². The van der Waals surface area contributed by atoms with Crippen LogP contribution in [0.3, 0.4) is 0 Å². The van der Waals surface area contributed by atoms with E-state index in [-0.39, 0.29) is 23.2 Å². The summed E-state index contributed by atoms with van der Waals surface area (Å²) in [6.45, 7) is 2.51. The molecule has 0 saturated heterocycles. The van der Waals surface area contributed by atoms with Crippen LogP contribution in [-0.4, -0.2) is 34.6 Å². The molecule has 0 bridgehead atoms. The zero-order valence-corrected chi connectivity index (χ0v) is 18.3. The van der Waals surface area contributed by atoms with Crippen molar-refractivity contribution in [2.75, 3.05) is 19.0 Å². The Morgan fingerprint density at radius 2 is 2.23 bits per heavy atom. The number of pyridine rings is 1. The average molecular weight is 441 g/mol. The van der Waals surface area contributed by atoms with E-state index < -0.39 is 0 Å². The number of halogens is 1. The molecule has 2 heterocycles. The fourth-order valence-electron chi connectivity index (χ4n) is 4.12. The number of nitrogens with zero attached hydrogens (tertiary/aromatic N) is 3. The molecule has 2 aromatic rings. The number of methoxy groups -OCH3 is 1. The summed E-state index contributed by atoms with van der Waals surface area (Å²) < 4.78 is 11.4. The molecule has 0 aliphatic heterocycles. The topological polar surface area (TPSA) is 86.2 Å². The van der Waals surface area contributed by atoms with Crippen LogP contribution in [-0.2, 0) is 16.1 Å². The minimum Gasteiger partial charge on any atom is -0.489 e. The Kier molecular flexibility index (Phi) is 6.34. The highest BCUT2D eigenvalue weighted by molar-refractivity contribution is 6.29. The number of allylic oxidation sites excluding steroid dienone is 4. The lowest BCUT2D eigenvalue weighted by Gasteiger charge is -2.27. The third-order valence-electron chi connectivity index (χ3n) is 5.85. The van der Waals surface area contributed by atoms with Gasteiger partial charge in [0.05, 0.1) is 19.4 Å². The first-order chi connectivity index (χ1) is 15.0. The second-order valence-electron chi connectivity index (χ2n) is 7.95. The van der Waals surface area contributed by atoms with Gasteiger partial charge in [0, 0.05) is 29.7 Å². The van der Waals surface area contributed by atoms with Crippen LogP contribution in [0, 0.1) is 24.2 Å². The van der Waals surface area contributed by atoms with Gasteiger partial charge in [-0.05, 0) is 43.9 Å². The zero-order chi connectivity index (χ0) is 21.8. The number of carbonyl (C=O) groups excluding carboxylic acids is 1. The largest absolute Gasteiger partial charge is 0.489 e. The smallest absolute Gasteiger partial charge is 0.229 e. The van der Waals surface area contributed by atoms with Crippen molar-refractivity contribution in [3.63, 3.8) is 0 Å². The van der Waals surface area contributed by atoms with E-state index in [9.17, 15) is 4.79 Å². The zero-order valence-electron chi connectivity index (χ0n) is 17.5. The minimum absolute atomic E-state index is 0.0568. The Labute approximate surface area is 186 Å². The molecule has 31 heavy (non-hydrogen) atoms. The molecule has 2 aliphatic rings. The number of ether oxygens (including phenoxy) is 2. The summed E-state index contributed by atoms with van der Waals surface area (Å²) in [4.78, 5) is 25.9. The van der Waals surface area contributed by atoms with E-state index in [1.165, 1.54) is 0 Å². The molecule has 1 amide bonds. The van der Waals surface area contributed by atoms with Crippen molar-refractivity contribution in [3.05, 3.63) is 65.4 Å². The number of anilines is 1. The van der Waals surface area contributed by atoms with Crippen molar-refractivity contribution in [2.45, 2.75) is 26.4 Å². The first-order valence-electron chi connectivity index (χ1n) is 10.2. The van der Waals surface area contributed by atoms with Crippen LogP contribution in [0.1, 0.15) is 24.4 Å². The standard InChI is InChI=1S/C23H25ClN4O3/c1-15-26-12-20(19(27-15)13-30-2)31-14-23(16-6-5-7-17(24)10-16)11-18(23)22(29)28-21-8-3-4-9-25-21/h3-9,12,16,18H,10-11,13-14H2,1-2H3,(H,25,28,29)/t16?,18-,23+/m0/s1. The number of hydrogen-bond acceptors (Lipinski definition) is 6. The maximum absolute atomic E-state index is 13.0. The van der Waals surface area contributed by atoms with Crippen molar-refractivity contribution < 1.29 is 14.3 Å². The lowest BCUT2D eigenvalue weighted by atomic mass is 9.82. The number of amides is 1. The maximum Gasteiger partial charge on any atom is 0.229 e. The number of carbonyl (C=O) groups is 1. The Morgan fingerprint density at radius 1 is 1.35 bits per heavy atom. The Hall–Kier alpha value is -2.77. The number of aromatic nitrogens is 3. The van der Waals surface area contributed by atoms with Gasteiger partial charge in [0.15, 0.2) is 5.75 Å². The van der Waals surface area contributed by atoms with Gasteiger partial charge in [-0.15, -0.1) is 0 Å². The lowest BCUT2D eigenvalue weighted by Crippen LogP contribution is -2.30. The first kappa shape index (κ1) is 21.5. The van der Waals surface area contributed by atoms with E-state index in [0.717, 1.165) is 5.03 Å². The van der Waals surface area contributed by atoms with Gasteiger partial charge in [-0.1, -0.05) is 29.8 Å². The molecule has 0 spiro atoms. The van der Waals surface area contributed by atoms with Crippen LogP contribution >= 0.6 is 11.6 Å². The normalized spacial score (nSPS) is 24.4. The lowest BCUT2D eigenvalue weighted by molar-refractivity contribution is -0.118. The molecule has 1 saturated carbocycles. The fourth-order valence-corrected chi connectivity index (χ4v) is 4.35. The first-order valence-corrected chi connectivity index (χ1v) is 10.6. The quantitative estimate of drug-likeness (QED) is 0.666. The summed E-state index contributed by atoms with van der Waals surface area (Å²) in [5, 5.41) is 3.70. The second-order valence-corrected chi connectivity index (χ2v) is 8.44. The van der Waals surface area contributed by atoms with Gasteiger partial charge in [-0.25, -0.2) is 15.0 Å². The van der Waals surface area contributed by atoms with Crippen LogP contribution in [0.5, 0.6) is 5.75 Å². The van der Waals surface area contributed by atoms with Gasteiger partial charge >= 0.3 is 0 Å². The van der Waals surface area contributed by atoms with Crippen LogP contribution in [0.15, 0.2) is 53.9 Å². The molecular formula is C23H25ClN4O3. The summed E-state index contributed by atoms with van der Waals surface area (Å²) in [6.07, 6.45) is 10.7. The van der Waals surface area contributed by atoms with E-state index in [1.54, 1.807) is 25.6 Å². The Balaban J connectivity index is 1.53. The van der Waals surface area contributed by atoms with Crippen LogP contribution in [0.2, 0.25) is 0 Å². The molecule has 3 atom stereocenters. The summed E-state index contributed by atoms with van der Waals surface area (Å²) in [7, 11) is 1.61. The van der Waals surface area contributed by atoms with Crippen molar-refractivity contribution in [3.8, 4) is 5.75 Å². The van der Waals surface area contributed by atoms with E-state index in [2.05, 4.69) is 26.3 Å². The monoisotopic (exact) mass is 440 g/mol. The molecule has 0 radical (unpaired) electrons. The SMILES string of the molecule is COCc1nc(C)ncc1OC[C@@]1(C2C=CC=C(Cl)C2)C[C@H]1C(=O)Nc1ccccn1. The molecule has 4 rings (SSSR count). The van der Waals surface area contributed by atoms with E-state index >= 15 is 0 Å². The highest BCUT2D eigenvalue weighted by Crippen LogP contribution is 2.61. The fraction of sp³-hybridized carbons (Fsp3) is 0.391. The predicted molar refractivity (Wildman–Crippen MR) is 118 cm³/mol. The average Bonchev–Trinajstić information content (AvgIpc) is 3.50. The van der Waals surface area contributed by atoms with Gasteiger partial charge in [0.1, 0.15) is 17.3 Å². The number of nitrogens with one attached hydrogen (secondary N) is 1. The maximum atomic E-state index is 13.0. The summed E-state index contributed by atoms with van der Waals surface area (Å²) >= 11 is 6.33. The molecule has 1 N–H and O–H groups in total.